The molecule has 0 unspecified atom stereocenters. The van der Waals surface area contributed by atoms with E-state index in [4.69, 9.17) is 0 Å². The van der Waals surface area contributed by atoms with E-state index < -0.39 is 0 Å². The van der Waals surface area contributed by atoms with Crippen LogP contribution in [0, 0.1) is 5.92 Å². The normalized spacial score (nSPS) is 19.5. The fraction of sp³-hybridized carbons (Fsp3) is 0.556. The number of nitrogens with zero attached hydrogens (tertiary/aromatic N) is 1. The van der Waals surface area contributed by atoms with Crippen LogP contribution in [0.5, 0.6) is 0 Å². The molecule has 1 aliphatic heterocycles. The van der Waals surface area contributed by atoms with Gasteiger partial charge in [-0.2, -0.15) is 0 Å². The van der Waals surface area contributed by atoms with Gasteiger partial charge in [0.25, 0.3) is 0 Å². The standard InChI is InChI=1S/C9H16N2/c1-4-9(5-10-3)11-6-8(2)7-11/h4-5,8,10H,1,6-7H2,2-3H3/b9-5+. The van der Waals surface area contributed by atoms with Crippen LogP contribution in [-0.4, -0.2) is 25.0 Å². The van der Waals surface area contributed by atoms with E-state index in [9.17, 15) is 0 Å². The monoisotopic (exact) mass is 152 g/mol. The van der Waals surface area contributed by atoms with Gasteiger partial charge in [-0.15, -0.1) is 0 Å². The van der Waals surface area contributed by atoms with Crippen LogP contribution in [-0.2, 0) is 0 Å². The first-order chi connectivity index (χ1) is 5.27. The molecule has 1 fully saturated rings. The molecule has 2 heteroatoms. The Morgan fingerprint density at radius 2 is 2.27 bits per heavy atom. The lowest BCUT2D eigenvalue weighted by Gasteiger charge is -2.39. The van der Waals surface area contributed by atoms with Crippen molar-refractivity contribution in [1.82, 2.24) is 10.2 Å². The first kappa shape index (κ1) is 8.18. The molecule has 0 spiro atoms. The molecule has 0 radical (unpaired) electrons. The van der Waals surface area contributed by atoms with E-state index in [0.717, 1.165) is 5.92 Å². The van der Waals surface area contributed by atoms with Gasteiger partial charge >= 0.3 is 0 Å². The van der Waals surface area contributed by atoms with E-state index in [1.165, 1.54) is 18.8 Å². The lowest BCUT2D eigenvalue weighted by atomic mass is 10.0. The van der Waals surface area contributed by atoms with Gasteiger partial charge in [-0.1, -0.05) is 13.5 Å². The van der Waals surface area contributed by atoms with E-state index in [1.54, 1.807) is 0 Å². The molecule has 1 N–H and O–H groups in total. The van der Waals surface area contributed by atoms with Crippen molar-refractivity contribution in [3.8, 4) is 0 Å². The number of allylic oxidation sites excluding steroid dienone is 1. The Labute approximate surface area is 68.6 Å². The second-order valence-corrected chi connectivity index (χ2v) is 3.07. The predicted molar refractivity (Wildman–Crippen MR) is 48.1 cm³/mol. The molecule has 0 aromatic rings. The minimum Gasteiger partial charge on any atom is -0.392 e. The Hall–Kier alpha value is -0.920. The summed E-state index contributed by atoms with van der Waals surface area (Å²) in [6.07, 6.45) is 3.88. The SMILES string of the molecule is C=C/C(=C\NC)N1CC(C)C1. The third-order valence-corrected chi connectivity index (χ3v) is 1.93. The van der Waals surface area contributed by atoms with Crippen molar-refractivity contribution in [2.24, 2.45) is 5.92 Å². The molecule has 0 aromatic carbocycles. The van der Waals surface area contributed by atoms with Gasteiger partial charge in [-0.3, -0.25) is 0 Å². The molecule has 0 amide bonds. The summed E-state index contributed by atoms with van der Waals surface area (Å²) in [5, 5.41) is 3.01. The fourth-order valence-corrected chi connectivity index (χ4v) is 1.34. The third kappa shape index (κ3) is 1.76. The summed E-state index contributed by atoms with van der Waals surface area (Å²) in [5.74, 6) is 0.843. The second kappa shape index (κ2) is 3.46. The van der Waals surface area contributed by atoms with Gasteiger partial charge in [0.1, 0.15) is 0 Å². The first-order valence-electron chi connectivity index (χ1n) is 4.02. The van der Waals surface area contributed by atoms with Crippen molar-refractivity contribution in [3.05, 3.63) is 24.6 Å². The highest BCUT2D eigenvalue weighted by molar-refractivity contribution is 5.16. The highest BCUT2D eigenvalue weighted by Crippen LogP contribution is 2.19. The van der Waals surface area contributed by atoms with Crippen molar-refractivity contribution in [3.63, 3.8) is 0 Å². The van der Waals surface area contributed by atoms with Crippen molar-refractivity contribution in [2.45, 2.75) is 6.92 Å². The van der Waals surface area contributed by atoms with Crippen LogP contribution in [0.25, 0.3) is 0 Å². The average molecular weight is 152 g/mol. The molecular weight excluding hydrogens is 136 g/mol. The number of rotatable bonds is 3. The molecule has 2 nitrogen and oxygen atoms in total. The van der Waals surface area contributed by atoms with E-state index in [1.807, 2.05) is 19.3 Å². The number of likely N-dealkylation sites (tertiary alicyclic amines) is 1. The van der Waals surface area contributed by atoms with Gasteiger partial charge < -0.3 is 10.2 Å². The summed E-state index contributed by atoms with van der Waals surface area (Å²) in [4.78, 5) is 2.31. The highest BCUT2D eigenvalue weighted by Gasteiger charge is 2.22. The van der Waals surface area contributed by atoms with Crippen molar-refractivity contribution in [2.75, 3.05) is 20.1 Å². The Balaban J connectivity index is 2.44. The Bertz CT molecular complexity index is 166. The van der Waals surface area contributed by atoms with Gasteiger partial charge in [-0.25, -0.2) is 0 Å². The molecule has 1 aliphatic rings. The molecule has 0 saturated carbocycles. The van der Waals surface area contributed by atoms with E-state index in [0.29, 0.717) is 0 Å². The van der Waals surface area contributed by atoms with Gasteiger partial charge in [0.05, 0.1) is 5.70 Å². The lowest BCUT2D eigenvalue weighted by Crippen LogP contribution is -2.44. The minimum atomic E-state index is 0.843. The number of hydrogen-bond donors (Lipinski definition) is 1. The van der Waals surface area contributed by atoms with E-state index in [-0.39, 0.29) is 0 Å². The number of nitrogens with one attached hydrogen (secondary N) is 1. The Morgan fingerprint density at radius 3 is 2.64 bits per heavy atom. The van der Waals surface area contributed by atoms with Crippen LogP contribution in [0.15, 0.2) is 24.6 Å². The summed E-state index contributed by atoms with van der Waals surface area (Å²) in [6, 6.07) is 0. The predicted octanol–water partition coefficient (Wildman–Crippen LogP) is 1.18. The molecule has 1 rings (SSSR count). The van der Waals surface area contributed by atoms with Crippen LogP contribution >= 0.6 is 0 Å². The maximum Gasteiger partial charge on any atom is 0.0519 e. The zero-order chi connectivity index (χ0) is 8.27. The smallest absolute Gasteiger partial charge is 0.0519 e. The van der Waals surface area contributed by atoms with Crippen LogP contribution in [0.1, 0.15) is 6.92 Å². The summed E-state index contributed by atoms with van der Waals surface area (Å²) in [5.41, 5.74) is 1.20. The summed E-state index contributed by atoms with van der Waals surface area (Å²) >= 11 is 0. The van der Waals surface area contributed by atoms with Crippen LogP contribution in [0.2, 0.25) is 0 Å². The molecule has 0 aromatic heterocycles. The topological polar surface area (TPSA) is 15.3 Å². The highest BCUT2D eigenvalue weighted by atomic mass is 15.2. The molecule has 0 atom stereocenters. The minimum absolute atomic E-state index is 0.843. The maximum absolute atomic E-state index is 3.76. The molecular formula is C9H16N2. The van der Waals surface area contributed by atoms with Crippen LogP contribution in [0.3, 0.4) is 0 Å². The van der Waals surface area contributed by atoms with Gasteiger partial charge in [0, 0.05) is 26.3 Å². The van der Waals surface area contributed by atoms with Crippen molar-refractivity contribution < 1.29 is 0 Å². The fourth-order valence-electron chi connectivity index (χ4n) is 1.34. The summed E-state index contributed by atoms with van der Waals surface area (Å²) in [7, 11) is 1.91. The second-order valence-electron chi connectivity index (χ2n) is 3.07. The first-order valence-corrected chi connectivity index (χ1v) is 4.02. The molecule has 62 valence electrons. The van der Waals surface area contributed by atoms with Gasteiger partial charge in [-0.05, 0) is 12.0 Å². The molecule has 0 aliphatic carbocycles. The van der Waals surface area contributed by atoms with Crippen molar-refractivity contribution >= 4 is 0 Å². The summed E-state index contributed by atoms with van der Waals surface area (Å²) in [6.45, 7) is 8.35. The Kier molecular flexibility index (Phi) is 2.58. The third-order valence-electron chi connectivity index (χ3n) is 1.93. The van der Waals surface area contributed by atoms with Crippen molar-refractivity contribution in [1.29, 1.82) is 0 Å². The molecule has 1 saturated heterocycles. The molecule has 11 heavy (non-hydrogen) atoms. The Morgan fingerprint density at radius 1 is 1.64 bits per heavy atom. The maximum atomic E-state index is 3.76. The lowest BCUT2D eigenvalue weighted by molar-refractivity contribution is 0.163. The van der Waals surface area contributed by atoms with Gasteiger partial charge in [0.15, 0.2) is 0 Å². The molecule has 0 bridgehead atoms. The molecule has 1 heterocycles. The quantitative estimate of drug-likeness (QED) is 0.611. The largest absolute Gasteiger partial charge is 0.392 e. The number of hydrogen-bond acceptors (Lipinski definition) is 2. The zero-order valence-corrected chi connectivity index (χ0v) is 7.30. The van der Waals surface area contributed by atoms with E-state index in [2.05, 4.69) is 23.7 Å². The van der Waals surface area contributed by atoms with Crippen LogP contribution < -0.4 is 5.32 Å². The van der Waals surface area contributed by atoms with E-state index >= 15 is 0 Å². The average Bonchev–Trinajstić information content (AvgIpc) is 1.95. The zero-order valence-electron chi connectivity index (χ0n) is 7.30. The van der Waals surface area contributed by atoms with Gasteiger partial charge in [0.2, 0.25) is 0 Å². The summed E-state index contributed by atoms with van der Waals surface area (Å²) < 4.78 is 0. The van der Waals surface area contributed by atoms with Crippen LogP contribution in [0.4, 0.5) is 0 Å².